The minimum absolute atomic E-state index is 0.0443. The van der Waals surface area contributed by atoms with E-state index in [4.69, 9.17) is 22.1 Å². The van der Waals surface area contributed by atoms with E-state index >= 15 is 0 Å². The van der Waals surface area contributed by atoms with Crippen molar-refractivity contribution in [1.82, 2.24) is 0 Å². The van der Waals surface area contributed by atoms with Crippen LogP contribution in [0.2, 0.25) is 5.02 Å². The second-order valence-corrected chi connectivity index (χ2v) is 3.54. The van der Waals surface area contributed by atoms with Crippen molar-refractivity contribution in [3.63, 3.8) is 0 Å². The molecule has 2 nitrogen and oxygen atoms in total. The predicted octanol–water partition coefficient (Wildman–Crippen LogP) is 2.68. The topological polar surface area (TPSA) is 35.2 Å². The number of methoxy groups -OCH3 is 1. The molecule has 0 fully saturated rings. The number of rotatable bonds is 2. The highest BCUT2D eigenvalue weighted by atomic mass is 35.5. The van der Waals surface area contributed by atoms with Crippen LogP contribution in [0, 0.1) is 6.92 Å². The minimum Gasteiger partial charge on any atom is -0.496 e. The van der Waals surface area contributed by atoms with Gasteiger partial charge in [0.25, 0.3) is 0 Å². The summed E-state index contributed by atoms with van der Waals surface area (Å²) < 4.78 is 5.14. The largest absolute Gasteiger partial charge is 0.496 e. The number of ether oxygens (including phenoxy) is 1. The van der Waals surface area contributed by atoms with Gasteiger partial charge in [-0.1, -0.05) is 11.6 Å². The molecule has 0 unspecified atom stereocenters. The van der Waals surface area contributed by atoms with Crippen LogP contribution in [0.4, 0.5) is 0 Å². The van der Waals surface area contributed by atoms with Gasteiger partial charge < -0.3 is 10.5 Å². The monoisotopic (exact) mass is 199 g/mol. The van der Waals surface area contributed by atoms with Crippen molar-refractivity contribution in [2.24, 2.45) is 5.73 Å². The van der Waals surface area contributed by atoms with Gasteiger partial charge in [-0.05, 0) is 37.1 Å². The van der Waals surface area contributed by atoms with Crippen molar-refractivity contribution in [1.29, 1.82) is 0 Å². The second kappa shape index (κ2) is 3.99. The average Bonchev–Trinajstić information content (AvgIpc) is 2.07. The van der Waals surface area contributed by atoms with Gasteiger partial charge in [0.1, 0.15) is 5.75 Å². The molecular formula is C10H14ClNO. The van der Waals surface area contributed by atoms with Gasteiger partial charge in [-0.15, -0.1) is 0 Å². The molecule has 0 heterocycles. The zero-order valence-electron chi connectivity index (χ0n) is 8.10. The van der Waals surface area contributed by atoms with Gasteiger partial charge in [0.05, 0.1) is 7.11 Å². The third-order valence-corrected chi connectivity index (χ3v) is 2.33. The van der Waals surface area contributed by atoms with Crippen molar-refractivity contribution < 1.29 is 4.74 Å². The van der Waals surface area contributed by atoms with Crippen LogP contribution >= 0.6 is 11.6 Å². The lowest BCUT2D eigenvalue weighted by Gasteiger charge is -2.12. The third kappa shape index (κ3) is 2.14. The van der Waals surface area contributed by atoms with Crippen LogP contribution in [0.1, 0.15) is 24.1 Å². The molecule has 0 saturated heterocycles. The van der Waals surface area contributed by atoms with Crippen molar-refractivity contribution in [2.45, 2.75) is 19.9 Å². The summed E-state index contributed by atoms with van der Waals surface area (Å²) in [5.41, 5.74) is 7.76. The fraction of sp³-hybridized carbons (Fsp3) is 0.400. The van der Waals surface area contributed by atoms with Crippen molar-refractivity contribution in [3.8, 4) is 5.75 Å². The predicted molar refractivity (Wildman–Crippen MR) is 55.3 cm³/mol. The maximum absolute atomic E-state index is 6.02. The van der Waals surface area contributed by atoms with Crippen molar-refractivity contribution in [3.05, 3.63) is 28.3 Å². The second-order valence-electron chi connectivity index (χ2n) is 3.13. The molecule has 2 N–H and O–H groups in total. The summed E-state index contributed by atoms with van der Waals surface area (Å²) in [5, 5.41) is 0.664. The van der Waals surface area contributed by atoms with Crippen LogP contribution in [0.25, 0.3) is 0 Å². The van der Waals surface area contributed by atoms with Gasteiger partial charge in [0, 0.05) is 11.1 Å². The Hall–Kier alpha value is -0.730. The molecule has 0 aliphatic carbocycles. The van der Waals surface area contributed by atoms with Crippen LogP contribution in [0.15, 0.2) is 12.1 Å². The van der Waals surface area contributed by atoms with Crippen LogP contribution in [0.5, 0.6) is 5.75 Å². The van der Waals surface area contributed by atoms with E-state index < -0.39 is 0 Å². The fourth-order valence-electron chi connectivity index (χ4n) is 1.25. The van der Waals surface area contributed by atoms with Gasteiger partial charge in [0.2, 0.25) is 0 Å². The Labute approximate surface area is 83.6 Å². The summed E-state index contributed by atoms with van der Waals surface area (Å²) in [4.78, 5) is 0. The lowest BCUT2D eigenvalue weighted by atomic mass is 10.1. The van der Waals surface area contributed by atoms with Crippen molar-refractivity contribution >= 4 is 11.6 Å². The Kier molecular flexibility index (Phi) is 3.17. The zero-order chi connectivity index (χ0) is 10.0. The first-order valence-corrected chi connectivity index (χ1v) is 4.53. The molecule has 0 spiro atoms. The van der Waals surface area contributed by atoms with E-state index in [9.17, 15) is 0 Å². The quantitative estimate of drug-likeness (QED) is 0.795. The molecule has 72 valence electrons. The number of benzene rings is 1. The normalized spacial score (nSPS) is 12.7. The summed E-state index contributed by atoms with van der Waals surface area (Å²) in [7, 11) is 1.63. The van der Waals surface area contributed by atoms with Gasteiger partial charge in [-0.2, -0.15) is 0 Å². The lowest BCUT2D eigenvalue weighted by Crippen LogP contribution is -2.06. The molecule has 1 atom stereocenters. The summed E-state index contributed by atoms with van der Waals surface area (Å²) in [5.74, 6) is 0.800. The Balaban J connectivity index is 3.20. The maximum Gasteiger partial charge on any atom is 0.123 e. The van der Waals surface area contributed by atoms with Crippen LogP contribution in [-0.4, -0.2) is 7.11 Å². The number of hydrogen-bond acceptors (Lipinski definition) is 2. The Morgan fingerprint density at radius 3 is 2.54 bits per heavy atom. The van der Waals surface area contributed by atoms with Crippen LogP contribution in [-0.2, 0) is 0 Å². The molecule has 0 radical (unpaired) electrons. The Morgan fingerprint density at radius 1 is 1.46 bits per heavy atom. The van der Waals surface area contributed by atoms with E-state index in [-0.39, 0.29) is 6.04 Å². The summed E-state index contributed by atoms with van der Waals surface area (Å²) in [6, 6.07) is 3.72. The van der Waals surface area contributed by atoms with Crippen molar-refractivity contribution in [2.75, 3.05) is 7.11 Å². The molecule has 1 aromatic carbocycles. The molecule has 3 heteroatoms. The number of aryl methyl sites for hydroxylation is 1. The first-order valence-electron chi connectivity index (χ1n) is 4.16. The molecule has 0 saturated carbocycles. The highest BCUT2D eigenvalue weighted by Crippen LogP contribution is 2.29. The average molecular weight is 200 g/mol. The fourth-order valence-corrected chi connectivity index (χ4v) is 1.58. The molecule has 1 rings (SSSR count). The molecular weight excluding hydrogens is 186 g/mol. The van der Waals surface area contributed by atoms with Gasteiger partial charge in [-0.25, -0.2) is 0 Å². The molecule has 13 heavy (non-hydrogen) atoms. The van der Waals surface area contributed by atoms with Crippen LogP contribution < -0.4 is 10.5 Å². The molecule has 0 amide bonds. The number of halogens is 1. The van der Waals surface area contributed by atoms with E-state index in [1.54, 1.807) is 13.2 Å². The van der Waals surface area contributed by atoms with E-state index in [2.05, 4.69) is 0 Å². The zero-order valence-corrected chi connectivity index (χ0v) is 8.85. The van der Waals surface area contributed by atoms with E-state index in [1.165, 1.54) is 0 Å². The Morgan fingerprint density at radius 2 is 2.08 bits per heavy atom. The minimum atomic E-state index is -0.0443. The molecule has 0 aliphatic heterocycles. The molecule has 1 aromatic rings. The summed E-state index contributed by atoms with van der Waals surface area (Å²) in [6.45, 7) is 3.88. The number of nitrogens with two attached hydrogens (primary N) is 1. The lowest BCUT2D eigenvalue weighted by molar-refractivity contribution is 0.411. The summed E-state index contributed by atoms with van der Waals surface area (Å²) >= 11 is 6.02. The van der Waals surface area contributed by atoms with Gasteiger partial charge >= 0.3 is 0 Å². The van der Waals surface area contributed by atoms with E-state index in [1.807, 2.05) is 19.9 Å². The standard InChI is InChI=1S/C10H14ClNO/c1-6-4-8(7(2)12)9(11)5-10(6)13-3/h4-5,7H,12H2,1-3H3/t7-/m0/s1. The maximum atomic E-state index is 6.02. The Bertz CT molecular complexity index is 310. The first kappa shape index (κ1) is 10.4. The van der Waals surface area contributed by atoms with E-state index in [0.29, 0.717) is 5.02 Å². The highest BCUT2D eigenvalue weighted by Gasteiger charge is 2.08. The first-order chi connectivity index (χ1) is 6.06. The van der Waals surface area contributed by atoms with Gasteiger partial charge in [0.15, 0.2) is 0 Å². The SMILES string of the molecule is COc1cc(Cl)c([C@H](C)N)cc1C. The number of hydrogen-bond donors (Lipinski definition) is 1. The highest BCUT2D eigenvalue weighted by molar-refractivity contribution is 6.31. The smallest absolute Gasteiger partial charge is 0.123 e. The summed E-state index contributed by atoms with van der Waals surface area (Å²) in [6.07, 6.45) is 0. The van der Waals surface area contributed by atoms with Crippen LogP contribution in [0.3, 0.4) is 0 Å². The molecule has 0 aliphatic rings. The van der Waals surface area contributed by atoms with Gasteiger partial charge in [-0.3, -0.25) is 0 Å². The molecule has 0 bridgehead atoms. The third-order valence-electron chi connectivity index (χ3n) is 2.00. The van der Waals surface area contributed by atoms with E-state index in [0.717, 1.165) is 16.9 Å². The molecule has 0 aromatic heterocycles.